The van der Waals surface area contributed by atoms with E-state index in [1.807, 2.05) is 0 Å². The van der Waals surface area contributed by atoms with Gasteiger partial charge in [0, 0.05) is 11.8 Å². The Morgan fingerprint density at radius 2 is 1.89 bits per heavy atom. The molecule has 2 aliphatic carbocycles. The normalized spacial score (nSPS) is 29.0. The predicted molar refractivity (Wildman–Crippen MR) is 76.5 cm³/mol. The first kappa shape index (κ1) is 13.0. The molecule has 19 heavy (non-hydrogen) atoms. The third-order valence-electron chi connectivity index (χ3n) is 5.35. The van der Waals surface area contributed by atoms with Gasteiger partial charge >= 0.3 is 0 Å². The Balaban J connectivity index is 1.78. The third kappa shape index (κ3) is 2.06. The minimum atomic E-state index is -0.150. The molecule has 2 aliphatic rings. The number of rotatable bonds is 2. The van der Waals surface area contributed by atoms with E-state index in [0.29, 0.717) is 0 Å². The average molecular weight is 260 g/mol. The number of hydrogen-bond acceptors (Lipinski definition) is 2. The van der Waals surface area contributed by atoms with Gasteiger partial charge < -0.3 is 9.84 Å². The Kier molecular flexibility index (Phi) is 3.30. The molecule has 1 aromatic rings. The maximum Gasteiger partial charge on any atom is 0.122 e. The van der Waals surface area contributed by atoms with Crippen molar-refractivity contribution in [1.82, 2.24) is 0 Å². The monoisotopic (exact) mass is 260 g/mol. The summed E-state index contributed by atoms with van der Waals surface area (Å²) in [6.45, 7) is 4.24. The highest BCUT2D eigenvalue weighted by Gasteiger charge is 2.56. The van der Waals surface area contributed by atoms with Crippen molar-refractivity contribution in [2.24, 2.45) is 5.41 Å². The summed E-state index contributed by atoms with van der Waals surface area (Å²) in [4.78, 5) is 0. The molecule has 2 unspecified atom stereocenters. The molecular formula is C17H24O2. The second kappa shape index (κ2) is 4.82. The van der Waals surface area contributed by atoms with E-state index in [-0.39, 0.29) is 17.6 Å². The van der Waals surface area contributed by atoms with E-state index in [0.717, 1.165) is 25.0 Å². The van der Waals surface area contributed by atoms with Crippen LogP contribution in [0.1, 0.15) is 49.7 Å². The van der Waals surface area contributed by atoms with Crippen LogP contribution in [0.25, 0.3) is 0 Å². The van der Waals surface area contributed by atoms with Crippen LogP contribution in [0.5, 0.6) is 5.75 Å². The van der Waals surface area contributed by atoms with E-state index >= 15 is 0 Å². The Morgan fingerprint density at radius 1 is 1.16 bits per heavy atom. The first-order valence-corrected chi connectivity index (χ1v) is 7.54. The summed E-state index contributed by atoms with van der Waals surface area (Å²) >= 11 is 0. The van der Waals surface area contributed by atoms with Gasteiger partial charge in [-0.2, -0.15) is 0 Å². The molecule has 0 aliphatic heterocycles. The number of benzene rings is 1. The van der Waals surface area contributed by atoms with Crippen LogP contribution in [0.2, 0.25) is 0 Å². The van der Waals surface area contributed by atoms with E-state index in [1.165, 1.54) is 30.4 Å². The van der Waals surface area contributed by atoms with Crippen LogP contribution in [0, 0.1) is 19.3 Å². The molecule has 104 valence electrons. The molecule has 0 radical (unpaired) electrons. The van der Waals surface area contributed by atoms with Crippen molar-refractivity contribution >= 4 is 0 Å². The molecular weight excluding hydrogens is 236 g/mol. The van der Waals surface area contributed by atoms with E-state index in [2.05, 4.69) is 32.0 Å². The zero-order valence-corrected chi connectivity index (χ0v) is 12.0. The summed E-state index contributed by atoms with van der Waals surface area (Å²) in [5, 5.41) is 10.2. The van der Waals surface area contributed by atoms with Gasteiger partial charge in [0.1, 0.15) is 11.9 Å². The van der Waals surface area contributed by atoms with Crippen LogP contribution >= 0.6 is 0 Å². The molecule has 0 bridgehead atoms. The predicted octanol–water partition coefficient (Wildman–Crippen LogP) is 3.77. The van der Waals surface area contributed by atoms with Crippen molar-refractivity contribution in [3.8, 4) is 5.75 Å². The van der Waals surface area contributed by atoms with Gasteiger partial charge in [-0.25, -0.2) is 0 Å². The fourth-order valence-corrected chi connectivity index (χ4v) is 3.76. The molecule has 2 nitrogen and oxygen atoms in total. The lowest BCUT2D eigenvalue weighted by molar-refractivity contribution is -0.172. The maximum absolute atomic E-state index is 10.2. The van der Waals surface area contributed by atoms with E-state index in [1.54, 1.807) is 0 Å². The summed E-state index contributed by atoms with van der Waals surface area (Å²) in [7, 11) is 0. The zero-order chi connectivity index (χ0) is 13.5. The van der Waals surface area contributed by atoms with Crippen LogP contribution in [0.15, 0.2) is 18.2 Å². The summed E-state index contributed by atoms with van der Waals surface area (Å²) < 4.78 is 6.27. The average Bonchev–Trinajstić information content (AvgIpc) is 2.44. The highest BCUT2D eigenvalue weighted by molar-refractivity contribution is 5.38. The van der Waals surface area contributed by atoms with E-state index in [9.17, 15) is 5.11 Å². The van der Waals surface area contributed by atoms with Gasteiger partial charge in [-0.05, 0) is 43.9 Å². The number of ether oxygens (including phenoxy) is 1. The van der Waals surface area contributed by atoms with Gasteiger partial charge in [-0.15, -0.1) is 0 Å². The SMILES string of the molecule is Cc1cccc(OC2CC(O)C23CCCCC3)c1C. The van der Waals surface area contributed by atoms with Crippen molar-refractivity contribution in [3.63, 3.8) is 0 Å². The molecule has 2 saturated carbocycles. The minimum Gasteiger partial charge on any atom is -0.489 e. The topological polar surface area (TPSA) is 29.5 Å². The number of aliphatic hydroxyl groups excluding tert-OH is 1. The Hall–Kier alpha value is -1.02. The third-order valence-corrected chi connectivity index (χ3v) is 5.35. The van der Waals surface area contributed by atoms with Crippen LogP contribution in [-0.2, 0) is 0 Å². The molecule has 3 rings (SSSR count). The van der Waals surface area contributed by atoms with E-state index in [4.69, 9.17) is 4.74 Å². The van der Waals surface area contributed by atoms with Gasteiger partial charge in [0.05, 0.1) is 6.10 Å². The minimum absolute atomic E-state index is 0.0500. The lowest BCUT2D eigenvalue weighted by Crippen LogP contribution is -2.60. The Labute approximate surface area is 115 Å². The van der Waals surface area contributed by atoms with E-state index < -0.39 is 0 Å². The maximum atomic E-state index is 10.2. The molecule has 0 heterocycles. The fraction of sp³-hybridized carbons (Fsp3) is 0.647. The Morgan fingerprint density at radius 3 is 2.58 bits per heavy atom. The second-order valence-corrected chi connectivity index (χ2v) is 6.35. The Bertz CT molecular complexity index is 460. The van der Waals surface area contributed by atoms with Gasteiger partial charge in [0.15, 0.2) is 0 Å². The molecule has 2 heteroatoms. The van der Waals surface area contributed by atoms with Gasteiger partial charge in [-0.1, -0.05) is 31.4 Å². The quantitative estimate of drug-likeness (QED) is 0.877. The molecule has 0 aromatic heterocycles. The van der Waals surface area contributed by atoms with Crippen LogP contribution in [0.3, 0.4) is 0 Å². The molecule has 2 atom stereocenters. The first-order chi connectivity index (χ1) is 9.13. The zero-order valence-electron chi connectivity index (χ0n) is 12.0. The van der Waals surface area contributed by atoms with Crippen molar-refractivity contribution in [2.45, 2.75) is 64.6 Å². The highest BCUT2D eigenvalue weighted by atomic mass is 16.5. The smallest absolute Gasteiger partial charge is 0.122 e. The number of aryl methyl sites for hydroxylation is 1. The summed E-state index contributed by atoms with van der Waals surface area (Å²) in [5.74, 6) is 1.00. The molecule has 0 saturated heterocycles. The number of aliphatic hydroxyl groups is 1. The second-order valence-electron chi connectivity index (χ2n) is 6.35. The van der Waals surface area contributed by atoms with Crippen molar-refractivity contribution in [1.29, 1.82) is 0 Å². The van der Waals surface area contributed by atoms with Crippen LogP contribution in [-0.4, -0.2) is 17.3 Å². The van der Waals surface area contributed by atoms with Crippen molar-refractivity contribution in [2.75, 3.05) is 0 Å². The molecule has 0 amide bonds. The van der Waals surface area contributed by atoms with Crippen molar-refractivity contribution in [3.05, 3.63) is 29.3 Å². The lowest BCUT2D eigenvalue weighted by Gasteiger charge is -2.55. The van der Waals surface area contributed by atoms with Crippen molar-refractivity contribution < 1.29 is 9.84 Å². The summed E-state index contributed by atoms with van der Waals surface area (Å²) in [5.41, 5.74) is 2.55. The highest BCUT2D eigenvalue weighted by Crippen LogP contribution is 2.53. The van der Waals surface area contributed by atoms with Gasteiger partial charge in [-0.3, -0.25) is 0 Å². The van der Waals surface area contributed by atoms with Gasteiger partial charge in [0.2, 0.25) is 0 Å². The molecule has 1 aromatic carbocycles. The standard InChI is InChI=1S/C17H24O2/c1-12-7-6-8-14(13(12)2)19-16-11-15(18)17(16)9-4-3-5-10-17/h6-8,15-16,18H,3-5,9-11H2,1-2H3. The van der Waals surface area contributed by atoms with Crippen LogP contribution in [0.4, 0.5) is 0 Å². The number of hydrogen-bond donors (Lipinski definition) is 1. The summed E-state index contributed by atoms with van der Waals surface area (Å²) in [6.07, 6.45) is 6.91. The largest absolute Gasteiger partial charge is 0.489 e. The van der Waals surface area contributed by atoms with Crippen LogP contribution < -0.4 is 4.74 Å². The van der Waals surface area contributed by atoms with Gasteiger partial charge in [0.25, 0.3) is 0 Å². The molecule has 1 spiro atoms. The fourth-order valence-electron chi connectivity index (χ4n) is 3.76. The first-order valence-electron chi connectivity index (χ1n) is 7.54. The molecule has 1 N–H and O–H groups in total. The molecule has 2 fully saturated rings. The summed E-state index contributed by atoms with van der Waals surface area (Å²) in [6, 6.07) is 6.23. The lowest BCUT2D eigenvalue weighted by atomic mass is 9.56.